The van der Waals surface area contributed by atoms with Gasteiger partial charge in [0, 0.05) is 17.3 Å². The van der Waals surface area contributed by atoms with Crippen LogP contribution in [0.3, 0.4) is 0 Å². The largest absolute Gasteiger partial charge is 0.339 e. The molecular weight excluding hydrogens is 294 g/mol. The molecule has 96 valence electrons. The molecule has 1 heterocycles. The third kappa shape index (κ3) is 3.40. The molecule has 0 saturated carbocycles. The Balaban J connectivity index is 2.05. The zero-order valence-corrected chi connectivity index (χ0v) is 11.9. The maximum absolute atomic E-state index is 5.57. The molecule has 0 aliphatic rings. The first-order chi connectivity index (χ1) is 8.69. The van der Waals surface area contributed by atoms with Crippen molar-refractivity contribution in [1.82, 2.24) is 10.1 Å². The van der Waals surface area contributed by atoms with Crippen molar-refractivity contribution in [2.45, 2.75) is 19.8 Å². The van der Waals surface area contributed by atoms with E-state index in [2.05, 4.69) is 33.0 Å². The molecule has 0 aliphatic carbocycles. The van der Waals surface area contributed by atoms with Gasteiger partial charge in [0.2, 0.25) is 5.89 Å². The van der Waals surface area contributed by atoms with E-state index in [1.807, 2.05) is 24.3 Å². The zero-order valence-electron chi connectivity index (χ0n) is 10.3. The molecular formula is C13H16BrN3O. The van der Waals surface area contributed by atoms with Crippen LogP contribution in [-0.4, -0.2) is 16.7 Å². The molecule has 1 aromatic carbocycles. The maximum atomic E-state index is 5.57. The lowest BCUT2D eigenvalue weighted by Crippen LogP contribution is -2.13. The lowest BCUT2D eigenvalue weighted by atomic mass is 10.1. The number of aromatic nitrogens is 2. The van der Waals surface area contributed by atoms with Gasteiger partial charge in [-0.15, -0.1) is 0 Å². The van der Waals surface area contributed by atoms with Crippen molar-refractivity contribution in [3.63, 3.8) is 0 Å². The molecule has 0 bridgehead atoms. The number of nitrogens with two attached hydrogens (primary N) is 1. The predicted octanol–water partition coefficient (Wildman–Crippen LogP) is 2.56. The average Bonchev–Trinajstić information content (AvgIpc) is 2.79. The molecule has 1 atom stereocenters. The molecule has 1 unspecified atom stereocenters. The van der Waals surface area contributed by atoms with Crippen LogP contribution in [0.4, 0.5) is 0 Å². The van der Waals surface area contributed by atoms with E-state index < -0.39 is 0 Å². The quantitative estimate of drug-likeness (QED) is 0.922. The highest BCUT2D eigenvalue weighted by atomic mass is 79.9. The number of nitrogens with zero attached hydrogens (tertiary/aromatic N) is 2. The third-order valence-corrected chi connectivity index (χ3v) is 3.52. The fourth-order valence-electron chi connectivity index (χ4n) is 1.64. The smallest absolute Gasteiger partial charge is 0.226 e. The van der Waals surface area contributed by atoms with E-state index >= 15 is 0 Å². The van der Waals surface area contributed by atoms with Gasteiger partial charge in [-0.2, -0.15) is 4.98 Å². The lowest BCUT2D eigenvalue weighted by molar-refractivity contribution is 0.356. The summed E-state index contributed by atoms with van der Waals surface area (Å²) in [6.07, 6.45) is 1.40. The standard InChI is InChI=1S/C13H16BrN3O/c1-9(8-15)6-13-16-12(17-18-13)7-10-4-2-3-5-11(10)14/h2-5,9H,6-8,15H2,1H3. The Kier molecular flexibility index (Phi) is 4.49. The van der Waals surface area contributed by atoms with E-state index in [1.165, 1.54) is 0 Å². The monoisotopic (exact) mass is 309 g/mol. The summed E-state index contributed by atoms with van der Waals surface area (Å²) in [7, 11) is 0. The van der Waals surface area contributed by atoms with Crippen molar-refractivity contribution in [1.29, 1.82) is 0 Å². The molecule has 1 aromatic heterocycles. The van der Waals surface area contributed by atoms with Gasteiger partial charge in [0.05, 0.1) is 0 Å². The molecule has 18 heavy (non-hydrogen) atoms. The fourth-order valence-corrected chi connectivity index (χ4v) is 2.06. The van der Waals surface area contributed by atoms with Crippen LogP contribution in [0.15, 0.2) is 33.3 Å². The first kappa shape index (κ1) is 13.2. The van der Waals surface area contributed by atoms with Gasteiger partial charge in [-0.3, -0.25) is 0 Å². The summed E-state index contributed by atoms with van der Waals surface area (Å²) in [5.41, 5.74) is 6.72. The minimum atomic E-state index is 0.363. The Bertz CT molecular complexity index is 512. The Morgan fingerprint density at radius 1 is 1.39 bits per heavy atom. The zero-order chi connectivity index (χ0) is 13.0. The van der Waals surface area contributed by atoms with Gasteiger partial charge in [0.1, 0.15) is 0 Å². The fraction of sp³-hybridized carbons (Fsp3) is 0.385. The first-order valence-corrected chi connectivity index (χ1v) is 6.73. The Morgan fingerprint density at radius 3 is 2.89 bits per heavy atom. The molecule has 0 fully saturated rings. The van der Waals surface area contributed by atoms with E-state index in [1.54, 1.807) is 0 Å². The summed E-state index contributed by atoms with van der Waals surface area (Å²) in [6.45, 7) is 2.69. The molecule has 2 rings (SSSR count). The number of halogens is 1. The second-order valence-corrected chi connectivity index (χ2v) is 5.27. The van der Waals surface area contributed by atoms with Crippen LogP contribution in [-0.2, 0) is 12.8 Å². The van der Waals surface area contributed by atoms with Crippen LogP contribution in [0.1, 0.15) is 24.2 Å². The average molecular weight is 310 g/mol. The van der Waals surface area contributed by atoms with Crippen LogP contribution < -0.4 is 5.73 Å². The molecule has 2 aromatic rings. The van der Waals surface area contributed by atoms with E-state index in [-0.39, 0.29) is 0 Å². The summed E-state index contributed by atoms with van der Waals surface area (Å²) >= 11 is 3.51. The lowest BCUT2D eigenvalue weighted by Gasteiger charge is -2.02. The van der Waals surface area contributed by atoms with E-state index in [4.69, 9.17) is 10.3 Å². The molecule has 0 saturated heterocycles. The molecule has 0 radical (unpaired) electrons. The van der Waals surface area contributed by atoms with Crippen LogP contribution in [0.25, 0.3) is 0 Å². The molecule has 5 heteroatoms. The van der Waals surface area contributed by atoms with Crippen molar-refractivity contribution < 1.29 is 4.52 Å². The van der Waals surface area contributed by atoms with Crippen molar-refractivity contribution >= 4 is 15.9 Å². The number of hydrogen-bond donors (Lipinski definition) is 1. The first-order valence-electron chi connectivity index (χ1n) is 5.94. The van der Waals surface area contributed by atoms with Gasteiger partial charge in [-0.1, -0.05) is 46.2 Å². The SMILES string of the molecule is CC(CN)Cc1nc(Cc2ccccc2Br)no1. The number of hydrogen-bond acceptors (Lipinski definition) is 4. The Morgan fingerprint density at radius 2 is 2.17 bits per heavy atom. The maximum Gasteiger partial charge on any atom is 0.226 e. The number of rotatable bonds is 5. The summed E-state index contributed by atoms with van der Waals surface area (Å²) in [6, 6.07) is 8.03. The van der Waals surface area contributed by atoms with Crippen LogP contribution in [0.2, 0.25) is 0 Å². The second-order valence-electron chi connectivity index (χ2n) is 4.42. The highest BCUT2D eigenvalue weighted by Crippen LogP contribution is 2.18. The van der Waals surface area contributed by atoms with Gasteiger partial charge in [0.15, 0.2) is 5.82 Å². The summed E-state index contributed by atoms with van der Waals surface area (Å²) in [5, 5.41) is 3.99. The van der Waals surface area contributed by atoms with Crippen LogP contribution >= 0.6 is 15.9 Å². The normalized spacial score (nSPS) is 12.6. The summed E-state index contributed by atoms with van der Waals surface area (Å²) in [4.78, 5) is 4.38. The molecule has 0 amide bonds. The molecule has 0 spiro atoms. The van der Waals surface area contributed by atoms with E-state index in [0.717, 1.165) is 16.5 Å². The Labute approximate surface area is 115 Å². The topological polar surface area (TPSA) is 64.9 Å². The Hall–Kier alpha value is -1.20. The molecule has 2 N–H and O–H groups in total. The third-order valence-electron chi connectivity index (χ3n) is 2.74. The van der Waals surface area contributed by atoms with Gasteiger partial charge in [-0.25, -0.2) is 0 Å². The highest BCUT2D eigenvalue weighted by molar-refractivity contribution is 9.10. The van der Waals surface area contributed by atoms with Gasteiger partial charge < -0.3 is 10.3 Å². The highest BCUT2D eigenvalue weighted by Gasteiger charge is 2.11. The van der Waals surface area contributed by atoms with Gasteiger partial charge in [0.25, 0.3) is 0 Å². The van der Waals surface area contributed by atoms with E-state index in [0.29, 0.717) is 30.6 Å². The summed E-state index contributed by atoms with van der Waals surface area (Å²) in [5.74, 6) is 1.73. The van der Waals surface area contributed by atoms with Crippen LogP contribution in [0.5, 0.6) is 0 Å². The van der Waals surface area contributed by atoms with Gasteiger partial charge in [-0.05, 0) is 24.1 Å². The van der Waals surface area contributed by atoms with Crippen molar-refractivity contribution in [2.75, 3.05) is 6.54 Å². The van der Waals surface area contributed by atoms with E-state index in [9.17, 15) is 0 Å². The van der Waals surface area contributed by atoms with Crippen molar-refractivity contribution in [2.24, 2.45) is 11.7 Å². The summed E-state index contributed by atoms with van der Waals surface area (Å²) < 4.78 is 6.28. The minimum absolute atomic E-state index is 0.363. The van der Waals surface area contributed by atoms with Crippen molar-refractivity contribution in [3.05, 3.63) is 46.0 Å². The molecule has 0 aliphatic heterocycles. The van der Waals surface area contributed by atoms with Crippen LogP contribution in [0, 0.1) is 5.92 Å². The second kappa shape index (κ2) is 6.11. The predicted molar refractivity (Wildman–Crippen MR) is 73.2 cm³/mol. The van der Waals surface area contributed by atoms with Crippen molar-refractivity contribution in [3.8, 4) is 0 Å². The molecule has 4 nitrogen and oxygen atoms in total. The number of benzene rings is 1. The minimum Gasteiger partial charge on any atom is -0.339 e. The van der Waals surface area contributed by atoms with Gasteiger partial charge >= 0.3 is 0 Å².